The Morgan fingerprint density at radius 1 is 1.41 bits per heavy atom. The van der Waals surface area contributed by atoms with Crippen molar-refractivity contribution in [2.75, 3.05) is 0 Å². The zero-order chi connectivity index (χ0) is 20.2. The van der Waals surface area contributed by atoms with Gasteiger partial charge in [0, 0.05) is 17.3 Å². The van der Waals surface area contributed by atoms with Crippen LogP contribution >= 0.6 is 27.3 Å². The first kappa shape index (κ1) is 22.5. The van der Waals surface area contributed by atoms with Crippen LogP contribution in [0.25, 0.3) is 0 Å². The lowest BCUT2D eigenvalue weighted by Crippen LogP contribution is -2.43. The summed E-state index contributed by atoms with van der Waals surface area (Å²) in [6.45, 7) is 9.31. The van der Waals surface area contributed by atoms with Gasteiger partial charge in [0.1, 0.15) is 9.35 Å². The SMILES string of the molecule is C=CCC[C@@H](c1cccc(F)c1F)[C@H](N[S@+]([O-])C(C)(C)C)c1scnc1Br. The summed E-state index contributed by atoms with van der Waals surface area (Å²) in [5.41, 5.74) is 1.92. The molecule has 0 radical (unpaired) electrons. The summed E-state index contributed by atoms with van der Waals surface area (Å²) in [5.74, 6) is -2.21. The number of aromatic nitrogens is 1. The summed E-state index contributed by atoms with van der Waals surface area (Å²) in [6.07, 6.45) is 2.87. The maximum Gasteiger partial charge on any atom is 0.162 e. The molecule has 1 heterocycles. The standard InChI is InChI=1S/C19H23BrF2N2OS2/c1-5-6-8-13(12-9-7-10-14(21)15(12)22)16(17-18(20)23-11-26-17)24-27(25)19(2,3)4/h5,7,9-11,13,16,24H,1,6,8H2,2-4H3/t13-,16-,27+/m0/s1. The Balaban J connectivity index is 2.54. The molecule has 0 bridgehead atoms. The molecular weight excluding hydrogens is 454 g/mol. The second-order valence-corrected chi connectivity index (χ2v) is 10.7. The van der Waals surface area contributed by atoms with Gasteiger partial charge < -0.3 is 4.55 Å². The smallest absolute Gasteiger partial charge is 0.162 e. The Bertz CT molecular complexity index is 779. The summed E-state index contributed by atoms with van der Waals surface area (Å²) in [7, 11) is 0. The van der Waals surface area contributed by atoms with Crippen LogP contribution in [0.3, 0.4) is 0 Å². The van der Waals surface area contributed by atoms with Gasteiger partial charge in [-0.3, -0.25) is 0 Å². The van der Waals surface area contributed by atoms with E-state index in [0.29, 0.717) is 17.4 Å². The Kier molecular flexibility index (Phi) is 8.00. The first-order valence-corrected chi connectivity index (χ1v) is 11.3. The molecular formula is C19H23BrF2N2OS2. The van der Waals surface area contributed by atoms with Crippen molar-refractivity contribution in [2.45, 2.75) is 50.3 Å². The van der Waals surface area contributed by atoms with Gasteiger partial charge in [-0.15, -0.1) is 22.6 Å². The van der Waals surface area contributed by atoms with Gasteiger partial charge in [-0.2, -0.15) is 0 Å². The molecule has 0 fully saturated rings. The quantitative estimate of drug-likeness (QED) is 0.373. The molecule has 0 aliphatic heterocycles. The molecule has 3 atom stereocenters. The van der Waals surface area contributed by atoms with E-state index in [-0.39, 0.29) is 5.56 Å². The van der Waals surface area contributed by atoms with Gasteiger partial charge >= 0.3 is 0 Å². The molecule has 0 aliphatic carbocycles. The van der Waals surface area contributed by atoms with Crippen molar-refractivity contribution in [3.05, 3.63) is 63.0 Å². The normalized spacial score (nSPS) is 15.4. The third-order valence-electron chi connectivity index (χ3n) is 4.09. The van der Waals surface area contributed by atoms with Crippen LogP contribution in [-0.2, 0) is 11.4 Å². The van der Waals surface area contributed by atoms with Crippen molar-refractivity contribution in [1.82, 2.24) is 9.71 Å². The summed E-state index contributed by atoms with van der Waals surface area (Å²) in [6, 6.07) is 3.68. The largest absolute Gasteiger partial charge is 0.598 e. The molecule has 1 aromatic carbocycles. The molecule has 3 nitrogen and oxygen atoms in total. The number of thiazole rings is 1. The van der Waals surface area contributed by atoms with Crippen molar-refractivity contribution >= 4 is 38.6 Å². The van der Waals surface area contributed by atoms with Crippen LogP contribution in [0, 0.1) is 11.6 Å². The van der Waals surface area contributed by atoms with E-state index < -0.39 is 39.7 Å². The molecule has 148 valence electrons. The molecule has 0 spiro atoms. The van der Waals surface area contributed by atoms with E-state index in [9.17, 15) is 13.3 Å². The molecule has 0 saturated heterocycles. The van der Waals surface area contributed by atoms with Crippen molar-refractivity contribution < 1.29 is 13.3 Å². The van der Waals surface area contributed by atoms with Crippen LogP contribution < -0.4 is 4.72 Å². The molecule has 0 aliphatic rings. The minimum atomic E-state index is -1.41. The second-order valence-electron chi connectivity index (χ2n) is 7.10. The number of hydrogen-bond acceptors (Lipinski definition) is 4. The molecule has 0 unspecified atom stereocenters. The zero-order valence-corrected chi connectivity index (χ0v) is 18.7. The molecule has 8 heteroatoms. The number of halogens is 3. The van der Waals surface area contributed by atoms with E-state index in [4.69, 9.17) is 0 Å². The summed E-state index contributed by atoms with van der Waals surface area (Å²) in [5, 5.41) is 0. The maximum absolute atomic E-state index is 14.6. The molecule has 2 aromatic rings. The van der Waals surface area contributed by atoms with Gasteiger partial charge in [0.25, 0.3) is 0 Å². The first-order chi connectivity index (χ1) is 12.7. The van der Waals surface area contributed by atoms with Gasteiger partial charge in [0.2, 0.25) is 0 Å². The van der Waals surface area contributed by atoms with Gasteiger partial charge in [-0.25, -0.2) is 13.8 Å². The Morgan fingerprint density at radius 2 is 2.11 bits per heavy atom. The minimum absolute atomic E-state index is 0.251. The topological polar surface area (TPSA) is 48.0 Å². The molecule has 0 amide bonds. The number of nitrogens with one attached hydrogen (secondary N) is 1. The fourth-order valence-corrected chi connectivity index (χ4v) is 5.16. The number of hydrogen-bond donors (Lipinski definition) is 1. The van der Waals surface area contributed by atoms with Crippen LogP contribution in [0.5, 0.6) is 0 Å². The van der Waals surface area contributed by atoms with Gasteiger partial charge in [-0.05, 0) is 61.2 Å². The fourth-order valence-electron chi connectivity index (χ4n) is 2.66. The van der Waals surface area contributed by atoms with Gasteiger partial charge in [0.15, 0.2) is 11.6 Å². The van der Waals surface area contributed by atoms with E-state index in [1.165, 1.54) is 17.4 Å². The fraction of sp³-hybridized carbons (Fsp3) is 0.421. The lowest BCUT2D eigenvalue weighted by atomic mass is 9.86. The average Bonchev–Trinajstić information content (AvgIpc) is 3.02. The molecule has 1 aromatic heterocycles. The van der Waals surface area contributed by atoms with Crippen molar-refractivity contribution in [3.8, 4) is 0 Å². The third-order valence-corrected chi connectivity index (χ3v) is 7.47. The Morgan fingerprint density at radius 3 is 2.67 bits per heavy atom. The van der Waals surface area contributed by atoms with Gasteiger partial charge in [-0.1, -0.05) is 18.2 Å². The summed E-state index contributed by atoms with van der Waals surface area (Å²) >= 11 is 3.40. The highest BCUT2D eigenvalue weighted by molar-refractivity contribution is 9.10. The van der Waals surface area contributed by atoms with Crippen molar-refractivity contribution in [2.24, 2.45) is 0 Å². The number of allylic oxidation sites excluding steroid dienone is 1. The minimum Gasteiger partial charge on any atom is -0.598 e. The number of benzene rings is 1. The predicted molar refractivity (Wildman–Crippen MR) is 112 cm³/mol. The van der Waals surface area contributed by atoms with E-state index in [2.05, 4.69) is 32.2 Å². The molecule has 2 rings (SSSR count). The highest BCUT2D eigenvalue weighted by Crippen LogP contribution is 2.41. The number of nitrogens with zero attached hydrogens (tertiary/aromatic N) is 1. The van der Waals surface area contributed by atoms with E-state index in [0.717, 1.165) is 10.9 Å². The maximum atomic E-state index is 14.6. The molecule has 27 heavy (non-hydrogen) atoms. The van der Waals surface area contributed by atoms with Crippen molar-refractivity contribution in [1.29, 1.82) is 0 Å². The Labute approximate surface area is 174 Å². The van der Waals surface area contributed by atoms with E-state index in [1.807, 2.05) is 20.8 Å². The highest BCUT2D eigenvalue weighted by atomic mass is 79.9. The summed E-state index contributed by atoms with van der Waals surface area (Å²) < 4.78 is 44.6. The Hall–Kier alpha value is -0.800. The monoisotopic (exact) mass is 476 g/mol. The van der Waals surface area contributed by atoms with Crippen LogP contribution in [-0.4, -0.2) is 14.3 Å². The van der Waals surface area contributed by atoms with Crippen LogP contribution in [0.4, 0.5) is 8.78 Å². The van der Waals surface area contributed by atoms with E-state index >= 15 is 0 Å². The lowest BCUT2D eigenvalue weighted by Gasteiger charge is -2.32. The lowest BCUT2D eigenvalue weighted by molar-refractivity contribution is 0.434. The zero-order valence-electron chi connectivity index (χ0n) is 15.5. The molecule has 1 N–H and O–H groups in total. The van der Waals surface area contributed by atoms with Crippen LogP contribution in [0.2, 0.25) is 0 Å². The first-order valence-electron chi connectivity index (χ1n) is 8.48. The average molecular weight is 477 g/mol. The van der Waals surface area contributed by atoms with Crippen LogP contribution in [0.1, 0.15) is 56.0 Å². The van der Waals surface area contributed by atoms with Crippen LogP contribution in [0.15, 0.2) is 41.0 Å². The third kappa shape index (κ3) is 5.60. The highest BCUT2D eigenvalue weighted by Gasteiger charge is 2.37. The number of rotatable bonds is 8. The molecule has 0 saturated carbocycles. The van der Waals surface area contributed by atoms with Gasteiger partial charge in [0.05, 0.1) is 16.4 Å². The van der Waals surface area contributed by atoms with E-state index in [1.54, 1.807) is 17.7 Å². The summed E-state index contributed by atoms with van der Waals surface area (Å²) in [4.78, 5) is 5.01. The predicted octanol–water partition coefficient (Wildman–Crippen LogP) is 6.03. The van der Waals surface area contributed by atoms with Crippen molar-refractivity contribution in [3.63, 3.8) is 0 Å². The second kappa shape index (κ2) is 9.60.